The maximum atomic E-state index is 11.2. The van der Waals surface area contributed by atoms with Gasteiger partial charge in [-0.25, -0.2) is 0 Å². The Labute approximate surface area is 105 Å². The average Bonchev–Trinajstić information content (AvgIpc) is 2.28. The molecular formula is C11H19BrN2O2. The molecule has 0 bridgehead atoms. The number of alkyl halides is 1. The van der Waals surface area contributed by atoms with Crippen LogP contribution in [0.25, 0.3) is 0 Å². The van der Waals surface area contributed by atoms with Crippen molar-refractivity contribution in [3.63, 3.8) is 0 Å². The van der Waals surface area contributed by atoms with Gasteiger partial charge >= 0.3 is 0 Å². The van der Waals surface area contributed by atoms with Crippen molar-refractivity contribution in [3.8, 4) is 0 Å². The number of amides is 2. The van der Waals surface area contributed by atoms with Crippen LogP contribution >= 0.6 is 15.9 Å². The van der Waals surface area contributed by atoms with Gasteiger partial charge in [-0.15, -0.1) is 0 Å². The van der Waals surface area contributed by atoms with Gasteiger partial charge < -0.3 is 10.6 Å². The highest BCUT2D eigenvalue weighted by Crippen LogP contribution is 1.97. The summed E-state index contributed by atoms with van der Waals surface area (Å²) in [5.41, 5.74) is 0. The van der Waals surface area contributed by atoms with Gasteiger partial charge in [-0.1, -0.05) is 35.7 Å². The molecule has 0 heterocycles. The highest BCUT2D eigenvalue weighted by molar-refractivity contribution is 9.09. The summed E-state index contributed by atoms with van der Waals surface area (Å²) < 4.78 is 0. The molecule has 92 valence electrons. The van der Waals surface area contributed by atoms with Gasteiger partial charge in [0.2, 0.25) is 11.8 Å². The number of hydrogen-bond donors (Lipinski definition) is 2. The van der Waals surface area contributed by atoms with Crippen LogP contribution in [0.2, 0.25) is 0 Å². The number of unbranched alkanes of at least 4 members (excludes halogenated alkanes) is 2. The molecule has 16 heavy (non-hydrogen) atoms. The van der Waals surface area contributed by atoms with Crippen LogP contribution in [0, 0.1) is 0 Å². The quantitative estimate of drug-likeness (QED) is 0.528. The largest absolute Gasteiger partial charge is 0.353 e. The normalized spacial score (nSPS) is 10.4. The standard InChI is InChI=1S/C11H19BrN2O2/c1-2-3-4-6-10(15)13-7-5-8-14-11(16)9-12/h5,8H,2-4,6-7,9H2,1H3,(H,13,15)(H,14,16). The van der Waals surface area contributed by atoms with Gasteiger partial charge in [0, 0.05) is 19.2 Å². The van der Waals surface area contributed by atoms with Gasteiger partial charge in [-0.3, -0.25) is 9.59 Å². The first-order chi connectivity index (χ1) is 7.70. The van der Waals surface area contributed by atoms with Gasteiger partial charge in [-0.2, -0.15) is 0 Å². The summed E-state index contributed by atoms with van der Waals surface area (Å²) in [6.45, 7) is 2.56. The van der Waals surface area contributed by atoms with Crippen molar-refractivity contribution in [3.05, 3.63) is 12.3 Å². The van der Waals surface area contributed by atoms with Gasteiger partial charge in [0.15, 0.2) is 0 Å². The summed E-state index contributed by atoms with van der Waals surface area (Å²) in [5.74, 6) is -0.0459. The van der Waals surface area contributed by atoms with Crippen LogP contribution in [0.4, 0.5) is 0 Å². The molecule has 0 aliphatic carbocycles. The average molecular weight is 291 g/mol. The van der Waals surface area contributed by atoms with Gasteiger partial charge in [-0.05, 0) is 12.5 Å². The van der Waals surface area contributed by atoms with E-state index in [0.29, 0.717) is 13.0 Å². The number of hydrogen-bond acceptors (Lipinski definition) is 2. The maximum absolute atomic E-state index is 11.2. The van der Waals surface area contributed by atoms with E-state index in [1.54, 1.807) is 6.08 Å². The van der Waals surface area contributed by atoms with Gasteiger partial charge in [0.1, 0.15) is 0 Å². The molecule has 0 radical (unpaired) electrons. The Kier molecular flexibility index (Phi) is 10.1. The highest BCUT2D eigenvalue weighted by Gasteiger charge is 1.97. The van der Waals surface area contributed by atoms with Crippen molar-refractivity contribution in [1.29, 1.82) is 0 Å². The monoisotopic (exact) mass is 290 g/mol. The summed E-state index contributed by atoms with van der Waals surface area (Å²) >= 11 is 3.03. The van der Waals surface area contributed by atoms with Gasteiger partial charge in [0.25, 0.3) is 0 Å². The fourth-order valence-corrected chi connectivity index (χ4v) is 1.21. The first-order valence-corrected chi connectivity index (χ1v) is 6.60. The number of halogens is 1. The van der Waals surface area contributed by atoms with E-state index in [9.17, 15) is 9.59 Å². The zero-order valence-electron chi connectivity index (χ0n) is 9.59. The number of carbonyl (C=O) groups is 2. The second-order valence-corrected chi connectivity index (χ2v) is 3.93. The van der Waals surface area contributed by atoms with E-state index < -0.39 is 0 Å². The van der Waals surface area contributed by atoms with Crippen molar-refractivity contribution in [1.82, 2.24) is 10.6 Å². The lowest BCUT2D eigenvalue weighted by atomic mass is 10.2. The Morgan fingerprint density at radius 3 is 2.62 bits per heavy atom. The van der Waals surface area contributed by atoms with E-state index in [-0.39, 0.29) is 17.1 Å². The molecule has 0 aromatic heterocycles. The molecule has 0 unspecified atom stereocenters. The van der Waals surface area contributed by atoms with E-state index in [4.69, 9.17) is 0 Å². The fraction of sp³-hybridized carbons (Fsp3) is 0.636. The molecule has 2 N–H and O–H groups in total. The zero-order chi connectivity index (χ0) is 12.2. The minimum absolute atomic E-state index is 0.0601. The SMILES string of the molecule is CCCCCC(=O)NCC=CNC(=O)CBr. The lowest BCUT2D eigenvalue weighted by Crippen LogP contribution is -2.24. The first-order valence-electron chi connectivity index (χ1n) is 5.47. The van der Waals surface area contributed by atoms with Crippen molar-refractivity contribution in [2.75, 3.05) is 11.9 Å². The Bertz CT molecular complexity index is 242. The van der Waals surface area contributed by atoms with E-state index in [2.05, 4.69) is 33.5 Å². The van der Waals surface area contributed by atoms with Crippen molar-refractivity contribution in [2.45, 2.75) is 32.6 Å². The summed E-state index contributed by atoms with van der Waals surface area (Å²) in [6, 6.07) is 0. The third-order valence-electron chi connectivity index (χ3n) is 1.91. The third kappa shape index (κ3) is 9.71. The Balaban J connectivity index is 3.43. The molecule has 0 aromatic carbocycles. The molecule has 4 nitrogen and oxygen atoms in total. The van der Waals surface area contributed by atoms with Crippen molar-refractivity contribution in [2.24, 2.45) is 0 Å². The molecule has 0 saturated carbocycles. The van der Waals surface area contributed by atoms with Crippen LogP contribution in [0.3, 0.4) is 0 Å². The van der Waals surface area contributed by atoms with Crippen LogP contribution in [-0.4, -0.2) is 23.7 Å². The number of nitrogens with one attached hydrogen (secondary N) is 2. The number of rotatable bonds is 8. The van der Waals surface area contributed by atoms with Crippen LogP contribution in [-0.2, 0) is 9.59 Å². The highest BCUT2D eigenvalue weighted by atomic mass is 79.9. The predicted octanol–water partition coefficient (Wildman–Crippen LogP) is 1.71. The molecule has 0 rings (SSSR count). The second-order valence-electron chi connectivity index (χ2n) is 3.36. The van der Waals surface area contributed by atoms with E-state index in [0.717, 1.165) is 19.3 Å². The Morgan fingerprint density at radius 2 is 2.00 bits per heavy atom. The van der Waals surface area contributed by atoms with E-state index >= 15 is 0 Å². The lowest BCUT2D eigenvalue weighted by Gasteiger charge is -2.01. The van der Waals surface area contributed by atoms with E-state index in [1.807, 2.05) is 0 Å². The third-order valence-corrected chi connectivity index (χ3v) is 2.42. The summed E-state index contributed by atoms with van der Waals surface area (Å²) in [5, 5.41) is 5.56. The first kappa shape index (κ1) is 15.2. The van der Waals surface area contributed by atoms with Crippen LogP contribution in [0.15, 0.2) is 12.3 Å². The molecule has 2 amide bonds. The molecule has 0 spiro atoms. The predicted molar refractivity (Wildman–Crippen MR) is 68.2 cm³/mol. The maximum Gasteiger partial charge on any atom is 0.234 e. The molecule has 0 aromatic rings. The lowest BCUT2D eigenvalue weighted by molar-refractivity contribution is -0.121. The minimum Gasteiger partial charge on any atom is -0.353 e. The van der Waals surface area contributed by atoms with Crippen LogP contribution < -0.4 is 10.6 Å². The zero-order valence-corrected chi connectivity index (χ0v) is 11.2. The molecule has 5 heteroatoms. The fourth-order valence-electron chi connectivity index (χ4n) is 1.05. The van der Waals surface area contributed by atoms with Crippen molar-refractivity contribution < 1.29 is 9.59 Å². The Hall–Kier alpha value is -0.840. The molecule has 0 aliphatic heterocycles. The topological polar surface area (TPSA) is 58.2 Å². The summed E-state index contributed by atoms with van der Waals surface area (Å²) in [6.07, 6.45) is 6.96. The molecule has 0 fully saturated rings. The number of carbonyl (C=O) groups excluding carboxylic acids is 2. The molecule has 0 aliphatic rings. The Morgan fingerprint density at radius 1 is 1.25 bits per heavy atom. The summed E-state index contributed by atoms with van der Waals surface area (Å²) in [7, 11) is 0. The van der Waals surface area contributed by atoms with Gasteiger partial charge in [0.05, 0.1) is 5.33 Å². The smallest absolute Gasteiger partial charge is 0.234 e. The second kappa shape index (κ2) is 10.7. The molecule has 0 atom stereocenters. The van der Waals surface area contributed by atoms with Crippen LogP contribution in [0.5, 0.6) is 0 Å². The summed E-state index contributed by atoms with van der Waals surface area (Å²) in [4.78, 5) is 22.0. The molecule has 0 saturated heterocycles. The van der Waals surface area contributed by atoms with Crippen molar-refractivity contribution >= 4 is 27.7 Å². The minimum atomic E-state index is -0.106. The molecular weight excluding hydrogens is 272 g/mol. The van der Waals surface area contributed by atoms with Crippen LogP contribution in [0.1, 0.15) is 32.6 Å². The van der Waals surface area contributed by atoms with E-state index in [1.165, 1.54) is 6.20 Å².